The van der Waals surface area contributed by atoms with Gasteiger partial charge in [0.15, 0.2) is 8.32 Å². The molecule has 0 spiro atoms. The summed E-state index contributed by atoms with van der Waals surface area (Å²) in [5.41, 5.74) is 2.49. The fourth-order valence-electron chi connectivity index (χ4n) is 2.00. The molecule has 0 aliphatic rings. The van der Waals surface area contributed by atoms with Gasteiger partial charge in [-0.15, -0.1) is 0 Å². The summed E-state index contributed by atoms with van der Waals surface area (Å²) in [7, 11) is -2.05. The fourth-order valence-corrected chi connectivity index (χ4v) is 3.82. The van der Waals surface area contributed by atoms with E-state index in [1.54, 1.807) is 0 Å². The first-order chi connectivity index (χ1) is 11.0. The van der Waals surface area contributed by atoms with Gasteiger partial charge in [0.25, 0.3) is 0 Å². The number of halogens is 3. The number of hydrogen-bond donors (Lipinski definition) is 0. The number of hydrogen-bond acceptors (Lipinski definition) is 1. The lowest BCUT2D eigenvalue weighted by atomic mass is 9.87. The Labute approximate surface area is 169 Å². The molecule has 1 rings (SSSR count). The van der Waals surface area contributed by atoms with E-state index in [-0.39, 0.29) is 10.5 Å². The average Bonchev–Trinajstić information content (AvgIpc) is 2.40. The van der Waals surface area contributed by atoms with Gasteiger partial charge in [-0.1, -0.05) is 113 Å². The van der Waals surface area contributed by atoms with Gasteiger partial charge in [-0.05, 0) is 34.7 Å². The monoisotopic (exact) mass is 420 g/mol. The van der Waals surface area contributed by atoms with Crippen molar-refractivity contribution < 1.29 is 4.43 Å². The Balaban J connectivity index is 3.02. The zero-order valence-corrected chi connectivity index (χ0v) is 19.9. The zero-order chi connectivity index (χ0) is 19.7. The van der Waals surface area contributed by atoms with E-state index in [9.17, 15) is 0 Å². The van der Waals surface area contributed by atoms with Gasteiger partial charge in [-0.3, -0.25) is 0 Å². The van der Waals surface area contributed by atoms with Crippen LogP contribution in [0.3, 0.4) is 0 Å². The van der Waals surface area contributed by atoms with Crippen LogP contribution in [0.5, 0.6) is 0 Å². The van der Waals surface area contributed by atoms with E-state index in [2.05, 4.69) is 78.9 Å². The maximum Gasteiger partial charge on any atom is 0.218 e. The molecule has 0 N–H and O–H groups in total. The van der Waals surface area contributed by atoms with Gasteiger partial charge < -0.3 is 4.43 Å². The SMILES string of the molecule is CC(C)(C)c1ccc(/C=C/[C@@H](O[Si](C)(C)C(C)(C)C)C(Cl)(Cl)Cl)cc1. The second-order valence-electron chi connectivity index (χ2n) is 9.07. The molecule has 0 heterocycles. The van der Waals surface area contributed by atoms with Crippen LogP contribution in [0.1, 0.15) is 52.7 Å². The van der Waals surface area contributed by atoms with E-state index in [0.717, 1.165) is 5.56 Å². The summed E-state index contributed by atoms with van der Waals surface area (Å²) in [4.78, 5) is 0. The van der Waals surface area contributed by atoms with Gasteiger partial charge >= 0.3 is 0 Å². The van der Waals surface area contributed by atoms with Crippen LogP contribution in [-0.4, -0.2) is 18.2 Å². The van der Waals surface area contributed by atoms with Crippen LogP contribution in [0.4, 0.5) is 0 Å². The van der Waals surface area contributed by atoms with Crippen molar-refractivity contribution in [2.45, 2.75) is 75.0 Å². The van der Waals surface area contributed by atoms with Crippen LogP contribution < -0.4 is 0 Å². The quantitative estimate of drug-likeness (QED) is 0.356. The van der Waals surface area contributed by atoms with E-state index in [1.807, 2.05) is 12.2 Å². The Hall–Kier alpha value is 0.00688. The van der Waals surface area contributed by atoms with E-state index in [4.69, 9.17) is 39.2 Å². The maximum atomic E-state index is 6.32. The molecule has 0 fully saturated rings. The smallest absolute Gasteiger partial charge is 0.218 e. The molecule has 0 amide bonds. The van der Waals surface area contributed by atoms with Crippen LogP contribution >= 0.6 is 34.8 Å². The van der Waals surface area contributed by atoms with Crippen molar-refractivity contribution in [2.24, 2.45) is 0 Å². The molecular formula is C20H31Cl3OSi. The summed E-state index contributed by atoms with van der Waals surface area (Å²) in [6.45, 7) is 17.4. The predicted octanol–water partition coefficient (Wildman–Crippen LogP) is 7.76. The second kappa shape index (κ2) is 7.94. The van der Waals surface area contributed by atoms with Crippen LogP contribution in [0.2, 0.25) is 18.1 Å². The van der Waals surface area contributed by atoms with Crippen molar-refractivity contribution in [3.63, 3.8) is 0 Å². The van der Waals surface area contributed by atoms with E-state index >= 15 is 0 Å². The normalized spacial score (nSPS) is 15.6. The van der Waals surface area contributed by atoms with Gasteiger partial charge in [0.2, 0.25) is 3.79 Å². The Kier molecular flexibility index (Phi) is 7.32. The Bertz CT molecular complexity index is 587. The predicted molar refractivity (Wildman–Crippen MR) is 117 cm³/mol. The van der Waals surface area contributed by atoms with Crippen LogP contribution in [-0.2, 0) is 9.84 Å². The minimum Gasteiger partial charge on any atom is -0.406 e. The average molecular weight is 422 g/mol. The van der Waals surface area contributed by atoms with Crippen molar-refractivity contribution >= 4 is 49.2 Å². The van der Waals surface area contributed by atoms with Crippen LogP contribution in [0.15, 0.2) is 30.3 Å². The van der Waals surface area contributed by atoms with Gasteiger partial charge in [0.05, 0.1) is 0 Å². The van der Waals surface area contributed by atoms with Gasteiger partial charge in [0, 0.05) is 0 Å². The van der Waals surface area contributed by atoms with Crippen molar-refractivity contribution in [2.75, 3.05) is 0 Å². The number of alkyl halides is 3. The first kappa shape index (κ1) is 23.0. The number of rotatable bonds is 4. The topological polar surface area (TPSA) is 9.23 Å². The summed E-state index contributed by atoms with van der Waals surface area (Å²) < 4.78 is 4.82. The molecule has 0 aliphatic heterocycles. The first-order valence-corrected chi connectivity index (χ1v) is 12.6. The summed E-state index contributed by atoms with van der Waals surface area (Å²) in [6.07, 6.45) is 3.24. The molecule has 0 radical (unpaired) electrons. The fraction of sp³-hybridized carbons (Fsp3) is 0.600. The van der Waals surface area contributed by atoms with Crippen molar-refractivity contribution in [3.05, 3.63) is 41.5 Å². The third kappa shape index (κ3) is 6.91. The standard InChI is InChI=1S/C20H31Cl3OSi/c1-18(2,3)16-12-9-15(10-13-16)11-14-17(20(21,22)23)24-25(7,8)19(4,5)6/h9-14,17H,1-8H3/b14-11+/t17-/m1/s1. The zero-order valence-electron chi connectivity index (χ0n) is 16.6. The summed E-state index contributed by atoms with van der Waals surface area (Å²) in [5.74, 6) is 0. The highest BCUT2D eigenvalue weighted by molar-refractivity contribution is 6.74. The maximum absolute atomic E-state index is 6.32. The molecule has 0 saturated heterocycles. The lowest BCUT2D eigenvalue weighted by Gasteiger charge is -2.40. The van der Waals surface area contributed by atoms with E-state index in [1.165, 1.54) is 5.56 Å². The molecule has 0 bridgehead atoms. The Morgan fingerprint density at radius 3 is 1.76 bits per heavy atom. The molecule has 142 valence electrons. The molecule has 5 heteroatoms. The number of benzene rings is 1. The van der Waals surface area contributed by atoms with Crippen LogP contribution in [0, 0.1) is 0 Å². The molecule has 25 heavy (non-hydrogen) atoms. The minimum atomic E-state index is -2.05. The highest BCUT2D eigenvalue weighted by Gasteiger charge is 2.43. The first-order valence-electron chi connectivity index (χ1n) is 8.57. The molecule has 1 aromatic rings. The molecule has 1 aromatic carbocycles. The van der Waals surface area contributed by atoms with Gasteiger partial charge in [-0.2, -0.15) is 0 Å². The molecule has 1 nitrogen and oxygen atoms in total. The van der Waals surface area contributed by atoms with Crippen molar-refractivity contribution in [1.29, 1.82) is 0 Å². The third-order valence-corrected chi connectivity index (χ3v) is 9.89. The Morgan fingerprint density at radius 2 is 1.40 bits per heavy atom. The summed E-state index contributed by atoms with van der Waals surface area (Å²) in [6, 6.07) is 8.44. The molecule has 0 saturated carbocycles. The molecule has 0 aromatic heterocycles. The largest absolute Gasteiger partial charge is 0.406 e. The van der Waals surface area contributed by atoms with E-state index < -0.39 is 18.2 Å². The van der Waals surface area contributed by atoms with Crippen LogP contribution in [0.25, 0.3) is 6.08 Å². The highest BCUT2D eigenvalue weighted by atomic mass is 35.6. The molecule has 0 aliphatic carbocycles. The lowest BCUT2D eigenvalue weighted by Crippen LogP contribution is -2.46. The van der Waals surface area contributed by atoms with Crippen molar-refractivity contribution in [1.82, 2.24) is 0 Å². The Morgan fingerprint density at radius 1 is 0.920 bits per heavy atom. The minimum absolute atomic E-state index is 0.0450. The van der Waals surface area contributed by atoms with E-state index in [0.29, 0.717) is 0 Å². The molecule has 0 unspecified atom stereocenters. The molecule has 1 atom stereocenters. The summed E-state index contributed by atoms with van der Waals surface area (Å²) >= 11 is 18.6. The molecular weight excluding hydrogens is 391 g/mol. The highest BCUT2D eigenvalue weighted by Crippen LogP contribution is 2.42. The third-order valence-electron chi connectivity index (χ3n) is 4.79. The van der Waals surface area contributed by atoms with Gasteiger partial charge in [-0.25, -0.2) is 0 Å². The van der Waals surface area contributed by atoms with Crippen molar-refractivity contribution in [3.8, 4) is 0 Å². The van der Waals surface area contributed by atoms with Gasteiger partial charge in [0.1, 0.15) is 6.10 Å². The summed E-state index contributed by atoms with van der Waals surface area (Å²) in [5, 5.41) is 0.0450. The second-order valence-corrected chi connectivity index (χ2v) is 16.2. The lowest BCUT2D eigenvalue weighted by molar-refractivity contribution is 0.229.